The molecule has 29 nitrogen and oxygen atoms in total. The van der Waals surface area contributed by atoms with Crippen LogP contribution in [0.3, 0.4) is 0 Å². The number of hydrogen-bond acceptors (Lipinski definition) is 21. The molecule has 0 bridgehead atoms. The highest BCUT2D eigenvalue weighted by molar-refractivity contribution is 7.86. The molecule has 552 valence electrons. The Bertz CT molecular complexity index is 5330. The first kappa shape index (κ1) is 74.7. The molecule has 9 aromatic rings. The summed E-state index contributed by atoms with van der Waals surface area (Å²) in [6.07, 6.45) is 8.17. The van der Waals surface area contributed by atoms with Gasteiger partial charge in [-0.15, -0.1) is 5.10 Å². The highest BCUT2D eigenvalue weighted by Crippen LogP contribution is 2.47. The molecule has 0 saturated heterocycles. The van der Waals surface area contributed by atoms with E-state index in [4.69, 9.17) is 30.4 Å². The number of aryl methyl sites for hydroxylation is 1. The van der Waals surface area contributed by atoms with Gasteiger partial charge in [0.05, 0.1) is 39.5 Å². The van der Waals surface area contributed by atoms with Gasteiger partial charge in [0.15, 0.2) is 5.54 Å². The maximum absolute atomic E-state index is 14.2. The zero-order valence-electron chi connectivity index (χ0n) is 59.1. The zero-order chi connectivity index (χ0) is 75.4. The van der Waals surface area contributed by atoms with Crippen LogP contribution in [-0.4, -0.2) is 167 Å². The number of pyridine rings is 3. The smallest absolute Gasteiger partial charge is 0.336 e. The Balaban J connectivity index is 0.690. The molecule has 3 amide bonds. The molecule has 0 fully saturated rings. The summed E-state index contributed by atoms with van der Waals surface area (Å²) in [5.74, 6) is -2.66. The van der Waals surface area contributed by atoms with Crippen molar-refractivity contribution in [2.24, 2.45) is 11.5 Å². The number of anilines is 3. The number of rotatable bonds is 30. The Labute approximate surface area is 610 Å². The largest absolute Gasteiger partial charge is 0.492 e. The molecule has 106 heavy (non-hydrogen) atoms. The number of carbonyl (C=O) groups excluding carboxylic acids is 3. The lowest BCUT2D eigenvalue weighted by atomic mass is 9.83. The van der Waals surface area contributed by atoms with Gasteiger partial charge in [-0.25, -0.2) is 24.3 Å². The number of carbonyl (C=O) groups is 4. The molecule has 4 aromatic heterocycles. The lowest BCUT2D eigenvalue weighted by Gasteiger charge is -2.41. The van der Waals surface area contributed by atoms with E-state index in [0.717, 1.165) is 30.0 Å². The second kappa shape index (κ2) is 30.9. The van der Waals surface area contributed by atoms with E-state index in [0.29, 0.717) is 87.2 Å². The standard InChI is InChI=1S/C75H80N14O15S2/c1-74(2)38-45(42-105(95,96)97)52-32-55-65(34-61(52)87(74)5)104-66-35-62-53(46(43-106(98,99)100)39-75(3,4)88(62)6)33-56(66)69(55)54-29-44(19-20-49(54)73(93)94)70(90)79-23-13-7-8-14-25-89-41-47(85-86-89)40-78-24-28-101-48-30-59(71(91)83-67-36-63(102-26-21-76)50-15-9-11-17-57(50)81-67)80-60(31-48)72(92)84-68-37-64(103-27-22-77)51-16-10-12-18-58(51)82-68/h9-12,15-20,29-39,41,78H,7-8,13-14,21-28,40,42-43,76-77H2,1-6H3,(H5-,79,81,82,83,84,90,91,92,93,94,95,96,97,98,99,100)/p+1. The van der Waals surface area contributed by atoms with Gasteiger partial charge >= 0.3 is 5.97 Å². The zero-order valence-corrected chi connectivity index (χ0v) is 60.7. The fourth-order valence-electron chi connectivity index (χ4n) is 13.1. The SMILES string of the molecule is CN1c2cc3c(cc2C(CS(=O)(=O)O)=CC1(C)C)C(c1cc(C(=O)NCCCCCCn2cc(CNCCOc4cc(C(=O)Nc5cc(OCCN)c6ccccc6n5)nc(C(=O)Nc5cc(OCCN)c6ccccc6n5)c4)nn2)ccc1C(=O)O)=c1cc2c(cc1O3)=[N+](C)C(C)(C)C=C2CS(=O)(=O)O. The van der Waals surface area contributed by atoms with Gasteiger partial charge in [0.25, 0.3) is 38.0 Å². The number of nitrogens with zero attached hydrogens (tertiary/aromatic N) is 8. The number of carboxylic acids is 1. The molecular weight excluding hydrogens is 1400 g/mol. The van der Waals surface area contributed by atoms with Crippen LogP contribution >= 0.6 is 0 Å². The second-order valence-electron chi connectivity index (χ2n) is 27.0. The topological polar surface area (TPSA) is 410 Å². The van der Waals surface area contributed by atoms with Gasteiger partial charge in [-0.1, -0.05) is 48.4 Å². The van der Waals surface area contributed by atoms with E-state index in [1.165, 1.54) is 30.3 Å². The molecule has 0 radical (unpaired) electrons. The summed E-state index contributed by atoms with van der Waals surface area (Å²) in [6, 6.07) is 31.6. The summed E-state index contributed by atoms with van der Waals surface area (Å²) in [5.41, 5.74) is 14.1. The van der Waals surface area contributed by atoms with Gasteiger partial charge in [0.2, 0.25) is 5.36 Å². The minimum Gasteiger partial charge on any atom is -0.492 e. The summed E-state index contributed by atoms with van der Waals surface area (Å²) in [4.78, 5) is 71.2. The van der Waals surface area contributed by atoms with Crippen LogP contribution in [0.5, 0.6) is 28.7 Å². The summed E-state index contributed by atoms with van der Waals surface area (Å²) in [5, 5.41) is 33.7. The third-order valence-electron chi connectivity index (χ3n) is 18.5. The lowest BCUT2D eigenvalue weighted by Crippen LogP contribution is -2.47. The Kier molecular flexibility index (Phi) is 21.8. The van der Waals surface area contributed by atoms with Crippen molar-refractivity contribution in [3.63, 3.8) is 0 Å². The van der Waals surface area contributed by atoms with Crippen molar-refractivity contribution in [1.29, 1.82) is 0 Å². The van der Waals surface area contributed by atoms with E-state index in [2.05, 4.69) is 46.5 Å². The van der Waals surface area contributed by atoms with E-state index in [-0.39, 0.29) is 113 Å². The van der Waals surface area contributed by atoms with E-state index in [9.17, 15) is 50.2 Å². The number of aromatic nitrogens is 6. The Hall–Kier alpha value is -11.1. The summed E-state index contributed by atoms with van der Waals surface area (Å²) in [6.45, 7) is 10.1. The van der Waals surface area contributed by atoms with Gasteiger partial charge in [-0.2, -0.15) is 16.8 Å². The predicted octanol–water partition coefficient (Wildman–Crippen LogP) is 6.84. The average molecular weight is 1480 g/mol. The number of unbranched alkanes of at least 4 members (excludes halogenated alkanes) is 3. The van der Waals surface area contributed by atoms with Crippen LogP contribution in [0.25, 0.3) is 38.5 Å². The molecule has 31 heteroatoms. The van der Waals surface area contributed by atoms with Crippen LogP contribution in [0.15, 0.2) is 134 Å². The van der Waals surface area contributed by atoms with Crippen LogP contribution in [0, 0.1) is 0 Å². The third kappa shape index (κ3) is 17.0. The molecule has 7 heterocycles. The van der Waals surface area contributed by atoms with Crippen LogP contribution in [-0.2, 0) is 33.3 Å². The lowest BCUT2D eigenvalue weighted by molar-refractivity contribution is 0.0695. The number of fused-ring (bicyclic) bond motifs is 6. The van der Waals surface area contributed by atoms with Crippen LogP contribution in [0.4, 0.5) is 17.3 Å². The maximum Gasteiger partial charge on any atom is 0.336 e. The number of carboxylic acid groups (broad SMARTS) is 1. The van der Waals surface area contributed by atoms with Crippen LogP contribution in [0.2, 0.25) is 0 Å². The number of hydrogen-bond donors (Lipinski definition) is 9. The number of nitrogens with two attached hydrogens (primary N) is 2. The molecule has 0 atom stereocenters. The number of nitrogens with one attached hydrogen (secondary N) is 4. The first-order valence-electron chi connectivity index (χ1n) is 34.3. The number of amides is 3. The van der Waals surface area contributed by atoms with Gasteiger partial charge < -0.3 is 61.7 Å². The highest BCUT2D eigenvalue weighted by atomic mass is 32.2. The molecule has 12 rings (SSSR count). The molecule has 3 aliphatic heterocycles. The van der Waals surface area contributed by atoms with E-state index < -0.39 is 66.5 Å². The van der Waals surface area contributed by atoms with Crippen LogP contribution < -0.4 is 71.7 Å². The molecule has 0 saturated carbocycles. The van der Waals surface area contributed by atoms with Gasteiger partial charge in [-0.3, -0.25) is 28.2 Å². The molecular formula is C75H81N14O15S2+. The van der Waals surface area contributed by atoms with Crippen molar-refractivity contribution >= 4 is 99.8 Å². The summed E-state index contributed by atoms with van der Waals surface area (Å²) >= 11 is 0. The minimum absolute atomic E-state index is 0.0997. The van der Waals surface area contributed by atoms with Gasteiger partial charge in [-0.05, 0) is 104 Å². The number of likely N-dealkylation sites (N-methyl/N-ethyl adjacent to an activating group) is 2. The molecule has 11 N–H and O–H groups in total. The molecule has 5 aromatic carbocycles. The highest BCUT2D eigenvalue weighted by Gasteiger charge is 2.38. The maximum atomic E-state index is 14.2. The monoisotopic (exact) mass is 1480 g/mol. The van der Waals surface area contributed by atoms with E-state index in [1.807, 2.05) is 93.9 Å². The molecule has 0 unspecified atom stereocenters. The fourth-order valence-corrected chi connectivity index (χ4v) is 14.3. The van der Waals surface area contributed by atoms with Crippen molar-refractivity contribution in [2.45, 2.75) is 77.5 Å². The number of ether oxygens (including phenoxy) is 4. The number of aromatic carboxylic acids is 1. The van der Waals surface area contributed by atoms with Crippen molar-refractivity contribution in [1.82, 2.24) is 45.2 Å². The van der Waals surface area contributed by atoms with E-state index in [1.54, 1.807) is 65.4 Å². The summed E-state index contributed by atoms with van der Waals surface area (Å²) in [7, 11) is -5.48. The first-order chi connectivity index (χ1) is 50.5. The Morgan fingerprint density at radius 2 is 1.25 bits per heavy atom. The molecule has 3 aliphatic rings. The number of para-hydroxylation sites is 2. The Morgan fingerprint density at radius 3 is 1.87 bits per heavy atom. The second-order valence-corrected chi connectivity index (χ2v) is 29.9. The summed E-state index contributed by atoms with van der Waals surface area (Å²) < 4.78 is 99.1. The van der Waals surface area contributed by atoms with Crippen molar-refractivity contribution in [3.05, 3.63) is 195 Å². The molecule has 0 spiro atoms. The number of benzene rings is 5. The van der Waals surface area contributed by atoms with Gasteiger partial charge in [0, 0.05) is 141 Å². The van der Waals surface area contributed by atoms with Gasteiger partial charge in [0.1, 0.15) is 90.1 Å². The van der Waals surface area contributed by atoms with Crippen LogP contribution in [0.1, 0.15) is 123 Å². The fraction of sp³-hybridized carbons (Fsp3) is 0.307. The van der Waals surface area contributed by atoms with E-state index >= 15 is 0 Å². The normalized spacial score (nSPS) is 14.2. The average Bonchev–Trinajstić information content (AvgIpc) is 0.784. The third-order valence-corrected chi connectivity index (χ3v) is 19.9. The minimum atomic E-state index is -4.57. The first-order valence-corrected chi connectivity index (χ1v) is 37.5. The molecule has 0 aliphatic carbocycles. The Morgan fingerprint density at radius 1 is 0.642 bits per heavy atom. The van der Waals surface area contributed by atoms with Crippen molar-refractivity contribution in [3.8, 4) is 28.7 Å². The quantitative estimate of drug-likeness (QED) is 0.0126. The van der Waals surface area contributed by atoms with Crippen molar-refractivity contribution < 1.29 is 69.2 Å². The predicted molar refractivity (Wildman–Crippen MR) is 400 cm³/mol. The van der Waals surface area contributed by atoms with Crippen molar-refractivity contribution in [2.75, 3.05) is 87.1 Å².